The molecule has 2 amide bonds. The number of amides is 2. The van der Waals surface area contributed by atoms with Crippen LogP contribution in [0.2, 0.25) is 0 Å². The Morgan fingerprint density at radius 3 is 2.35 bits per heavy atom. The van der Waals surface area contributed by atoms with Crippen LogP contribution < -0.4 is 16.4 Å². The molecule has 130 valence electrons. The number of benzene rings is 1. The molecule has 0 saturated carbocycles. The fourth-order valence-corrected chi connectivity index (χ4v) is 2.05. The minimum absolute atomic E-state index is 0. The first-order valence-electron chi connectivity index (χ1n) is 7.83. The third-order valence-electron chi connectivity index (χ3n) is 3.68. The number of hydrogen-bond donors (Lipinski definition) is 3. The molecule has 0 heterocycles. The molecular weight excluding hydrogens is 314 g/mol. The maximum absolute atomic E-state index is 12.0. The molecule has 1 atom stereocenters. The van der Waals surface area contributed by atoms with Crippen LogP contribution in [0.3, 0.4) is 0 Å². The zero-order valence-electron chi connectivity index (χ0n) is 14.3. The number of anilines is 1. The van der Waals surface area contributed by atoms with Gasteiger partial charge in [-0.1, -0.05) is 39.8 Å². The molecule has 23 heavy (non-hydrogen) atoms. The predicted octanol–water partition coefficient (Wildman–Crippen LogP) is 2.27. The van der Waals surface area contributed by atoms with Gasteiger partial charge in [0.15, 0.2) is 0 Å². The van der Waals surface area contributed by atoms with Crippen LogP contribution in [0.25, 0.3) is 0 Å². The summed E-state index contributed by atoms with van der Waals surface area (Å²) in [5.41, 5.74) is 8.80. The fraction of sp³-hybridized carbons (Fsp3) is 0.529. The van der Waals surface area contributed by atoms with Gasteiger partial charge in [0.1, 0.15) is 0 Å². The number of hydrogen-bond acceptors (Lipinski definition) is 3. The van der Waals surface area contributed by atoms with Crippen molar-refractivity contribution in [2.75, 3.05) is 11.9 Å². The molecule has 1 aromatic rings. The second-order valence-electron chi connectivity index (χ2n) is 5.73. The van der Waals surface area contributed by atoms with E-state index in [4.69, 9.17) is 5.73 Å². The predicted molar refractivity (Wildman–Crippen MR) is 96.9 cm³/mol. The Hall–Kier alpha value is -1.59. The molecule has 0 unspecified atom stereocenters. The van der Waals surface area contributed by atoms with E-state index in [0.29, 0.717) is 0 Å². The van der Waals surface area contributed by atoms with Crippen LogP contribution in [0, 0.1) is 5.92 Å². The first-order valence-corrected chi connectivity index (χ1v) is 7.83. The van der Waals surface area contributed by atoms with E-state index in [2.05, 4.69) is 23.6 Å². The van der Waals surface area contributed by atoms with E-state index in [1.165, 1.54) is 5.56 Å². The minimum atomic E-state index is -0.595. The lowest BCUT2D eigenvalue weighted by Crippen LogP contribution is -2.46. The number of aryl methyl sites for hydroxylation is 2. The second kappa shape index (κ2) is 10.2. The molecule has 0 fully saturated rings. The molecule has 0 aliphatic rings. The zero-order chi connectivity index (χ0) is 16.7. The van der Waals surface area contributed by atoms with Gasteiger partial charge in [-0.3, -0.25) is 9.59 Å². The molecule has 1 aromatic carbocycles. The van der Waals surface area contributed by atoms with Crippen molar-refractivity contribution < 1.29 is 9.59 Å². The van der Waals surface area contributed by atoms with Crippen molar-refractivity contribution in [3.8, 4) is 0 Å². The van der Waals surface area contributed by atoms with Gasteiger partial charge in [0.25, 0.3) is 0 Å². The van der Waals surface area contributed by atoms with Crippen molar-refractivity contribution in [1.29, 1.82) is 0 Å². The van der Waals surface area contributed by atoms with Gasteiger partial charge in [0.2, 0.25) is 11.8 Å². The second-order valence-corrected chi connectivity index (χ2v) is 5.73. The Bertz CT molecular complexity index is 533. The summed E-state index contributed by atoms with van der Waals surface area (Å²) in [6.07, 6.45) is 1.75. The third kappa shape index (κ3) is 6.59. The van der Waals surface area contributed by atoms with Crippen LogP contribution in [-0.2, 0) is 22.4 Å². The SMILES string of the molecule is CCc1ccc(CC)c(NC(=O)CNC(=O)[C@@H](N)C(C)C)c1.Cl. The number of carbonyl (C=O) groups excluding carboxylic acids is 2. The molecule has 0 aromatic heterocycles. The first kappa shape index (κ1) is 21.4. The maximum atomic E-state index is 12.0. The summed E-state index contributed by atoms with van der Waals surface area (Å²) in [6.45, 7) is 7.78. The Morgan fingerprint density at radius 1 is 1.17 bits per heavy atom. The third-order valence-corrected chi connectivity index (χ3v) is 3.68. The summed E-state index contributed by atoms with van der Waals surface area (Å²) in [4.78, 5) is 23.8. The van der Waals surface area contributed by atoms with Crippen molar-refractivity contribution in [2.45, 2.75) is 46.6 Å². The van der Waals surface area contributed by atoms with Crippen molar-refractivity contribution in [1.82, 2.24) is 5.32 Å². The largest absolute Gasteiger partial charge is 0.346 e. The number of nitrogens with two attached hydrogens (primary N) is 1. The van der Waals surface area contributed by atoms with Gasteiger partial charge in [-0.05, 0) is 36.0 Å². The Kier molecular flexibility index (Phi) is 9.53. The molecular formula is C17H28ClN3O2. The van der Waals surface area contributed by atoms with Crippen molar-refractivity contribution in [3.63, 3.8) is 0 Å². The highest BCUT2D eigenvalue weighted by molar-refractivity contribution is 5.95. The summed E-state index contributed by atoms with van der Waals surface area (Å²) in [6, 6.07) is 5.49. The van der Waals surface area contributed by atoms with Crippen LogP contribution in [-0.4, -0.2) is 24.4 Å². The number of carbonyl (C=O) groups is 2. The van der Waals surface area contributed by atoms with Crippen LogP contribution in [0.5, 0.6) is 0 Å². The lowest BCUT2D eigenvalue weighted by molar-refractivity contribution is -0.125. The number of rotatable bonds is 7. The van der Waals surface area contributed by atoms with Crippen LogP contribution in [0.4, 0.5) is 5.69 Å². The molecule has 0 bridgehead atoms. The summed E-state index contributed by atoms with van der Waals surface area (Å²) >= 11 is 0. The van der Waals surface area contributed by atoms with E-state index < -0.39 is 6.04 Å². The van der Waals surface area contributed by atoms with E-state index in [-0.39, 0.29) is 36.7 Å². The summed E-state index contributed by atoms with van der Waals surface area (Å²) < 4.78 is 0. The van der Waals surface area contributed by atoms with Crippen molar-refractivity contribution in [2.24, 2.45) is 11.7 Å². The standard InChI is InChI=1S/C17H27N3O2.ClH/c1-5-12-7-8-13(6-2)14(9-12)20-15(21)10-19-17(22)16(18)11(3)4;/h7-9,11,16H,5-6,10,18H2,1-4H3,(H,19,22)(H,20,21);1H/t16-;/m0./s1. The molecule has 6 heteroatoms. The van der Waals surface area contributed by atoms with Gasteiger partial charge >= 0.3 is 0 Å². The van der Waals surface area contributed by atoms with Gasteiger partial charge in [-0.15, -0.1) is 12.4 Å². The smallest absolute Gasteiger partial charge is 0.243 e. The molecule has 0 aliphatic heterocycles. The van der Waals surface area contributed by atoms with E-state index in [9.17, 15) is 9.59 Å². The van der Waals surface area contributed by atoms with Gasteiger partial charge in [-0.25, -0.2) is 0 Å². The maximum Gasteiger partial charge on any atom is 0.243 e. The van der Waals surface area contributed by atoms with E-state index in [1.54, 1.807) is 0 Å². The Morgan fingerprint density at radius 2 is 1.83 bits per heavy atom. The molecule has 5 nitrogen and oxygen atoms in total. The lowest BCUT2D eigenvalue weighted by atomic mass is 10.0. The molecule has 0 aliphatic carbocycles. The quantitative estimate of drug-likeness (QED) is 0.711. The monoisotopic (exact) mass is 341 g/mol. The average Bonchev–Trinajstić information content (AvgIpc) is 2.51. The Balaban J connectivity index is 0.00000484. The fourth-order valence-electron chi connectivity index (χ4n) is 2.05. The van der Waals surface area contributed by atoms with Gasteiger partial charge in [0, 0.05) is 5.69 Å². The topological polar surface area (TPSA) is 84.2 Å². The van der Waals surface area contributed by atoms with Crippen LogP contribution >= 0.6 is 12.4 Å². The van der Waals surface area contributed by atoms with E-state index >= 15 is 0 Å². The molecule has 0 radical (unpaired) electrons. The van der Waals surface area contributed by atoms with Crippen molar-refractivity contribution in [3.05, 3.63) is 29.3 Å². The van der Waals surface area contributed by atoms with Crippen LogP contribution in [0.1, 0.15) is 38.8 Å². The van der Waals surface area contributed by atoms with Crippen LogP contribution in [0.15, 0.2) is 18.2 Å². The Labute approximate surface area is 144 Å². The number of nitrogens with one attached hydrogen (secondary N) is 2. The van der Waals surface area contributed by atoms with Crippen molar-refractivity contribution >= 4 is 29.9 Å². The highest BCUT2D eigenvalue weighted by Crippen LogP contribution is 2.18. The summed E-state index contributed by atoms with van der Waals surface area (Å²) in [5, 5.41) is 5.44. The normalized spacial score (nSPS) is 11.6. The molecule has 0 saturated heterocycles. The van der Waals surface area contributed by atoms with E-state index in [0.717, 1.165) is 24.1 Å². The highest BCUT2D eigenvalue weighted by Gasteiger charge is 2.17. The molecule has 4 N–H and O–H groups in total. The van der Waals surface area contributed by atoms with Gasteiger partial charge in [0.05, 0.1) is 12.6 Å². The lowest BCUT2D eigenvalue weighted by Gasteiger charge is -2.16. The highest BCUT2D eigenvalue weighted by atomic mass is 35.5. The first-order chi connectivity index (χ1) is 10.4. The average molecular weight is 342 g/mol. The summed E-state index contributed by atoms with van der Waals surface area (Å²) in [7, 11) is 0. The van der Waals surface area contributed by atoms with Gasteiger partial charge in [-0.2, -0.15) is 0 Å². The zero-order valence-corrected chi connectivity index (χ0v) is 15.1. The van der Waals surface area contributed by atoms with Gasteiger partial charge < -0.3 is 16.4 Å². The minimum Gasteiger partial charge on any atom is -0.346 e. The number of halogens is 1. The molecule has 1 rings (SSSR count). The summed E-state index contributed by atoms with van der Waals surface area (Å²) in [5.74, 6) is -0.508. The van der Waals surface area contributed by atoms with E-state index in [1.807, 2.05) is 32.9 Å². The molecule has 0 spiro atoms.